The minimum atomic E-state index is -1.64. The monoisotopic (exact) mass is 229 g/mol. The minimum absolute atomic E-state index is 0. The maximum Gasteiger partial charge on any atom is 2.00 e. The summed E-state index contributed by atoms with van der Waals surface area (Å²) in [5, 5.41) is 8.25. The van der Waals surface area contributed by atoms with E-state index in [9.17, 15) is 17.6 Å². The van der Waals surface area contributed by atoms with Crippen molar-refractivity contribution in [3.05, 3.63) is 34.4 Å². The molecule has 0 radical (unpaired) electrons. The van der Waals surface area contributed by atoms with E-state index in [2.05, 4.69) is 0 Å². The zero-order valence-electron chi connectivity index (χ0n) is 9.87. The molecule has 0 N–H and O–H groups in total. The normalized spacial score (nSPS) is 9.33. The summed E-state index contributed by atoms with van der Waals surface area (Å²) >= 11 is 0. The summed E-state index contributed by atoms with van der Waals surface area (Å²) < 4.78 is 51.7. The number of hydrogen-bond acceptors (Lipinski definition) is 1. The van der Waals surface area contributed by atoms with E-state index in [4.69, 9.17) is 5.26 Å². The SMILES string of the molecule is CCc1c(F)c(F)c(C#N)c(F)c1F.[H-].[H-].[Mg+2]. The predicted octanol–water partition coefficient (Wildman–Crippen LogP) is 2.52. The summed E-state index contributed by atoms with van der Waals surface area (Å²) in [6.45, 7) is 1.35. The molecule has 0 spiro atoms. The number of rotatable bonds is 1. The molecule has 1 nitrogen and oxygen atoms in total. The zero-order chi connectivity index (χ0) is 10.9. The Kier molecular flexibility index (Phi) is 5.04. The Labute approximate surface area is 103 Å². The molecule has 0 saturated carbocycles. The Hall–Kier alpha value is -0.804. The van der Waals surface area contributed by atoms with Crippen molar-refractivity contribution in [3.8, 4) is 6.07 Å². The summed E-state index contributed by atoms with van der Waals surface area (Å²) in [6, 6.07) is 1.07. The molecule has 0 aliphatic rings. The van der Waals surface area contributed by atoms with Gasteiger partial charge in [-0.1, -0.05) is 6.92 Å². The van der Waals surface area contributed by atoms with E-state index in [-0.39, 0.29) is 32.3 Å². The predicted molar refractivity (Wildman–Crippen MR) is 48.3 cm³/mol. The van der Waals surface area contributed by atoms with Crippen LogP contribution in [0.25, 0.3) is 0 Å². The number of halogens is 4. The molecule has 1 aromatic carbocycles. The molecule has 0 saturated heterocycles. The summed E-state index contributed by atoms with van der Waals surface area (Å²) in [4.78, 5) is 0. The van der Waals surface area contributed by atoms with Crippen molar-refractivity contribution in [1.29, 1.82) is 5.26 Å². The molecule has 0 fully saturated rings. The molecule has 0 aliphatic heterocycles. The first-order chi connectivity index (χ1) is 6.54. The molecule has 0 atom stereocenters. The van der Waals surface area contributed by atoms with Gasteiger partial charge < -0.3 is 2.85 Å². The average Bonchev–Trinajstić information content (AvgIpc) is 2.17. The third kappa shape index (κ3) is 2.24. The summed E-state index contributed by atoms with van der Waals surface area (Å²) in [5.74, 6) is -6.27. The van der Waals surface area contributed by atoms with Gasteiger partial charge in [-0.3, -0.25) is 0 Å². The van der Waals surface area contributed by atoms with Crippen molar-refractivity contribution < 1.29 is 20.4 Å². The fourth-order valence-corrected chi connectivity index (χ4v) is 1.09. The number of nitriles is 1. The Morgan fingerprint density at radius 3 is 1.73 bits per heavy atom. The standard InChI is InChI=1S/C9H5F4N.Mg.2H/c1-2-4-6(10)8(12)5(3-14)9(13)7(4)11;;;/h2H2,1H3;;;/q;+2;2*-1. The van der Waals surface area contributed by atoms with Gasteiger partial charge in [0.1, 0.15) is 11.6 Å². The van der Waals surface area contributed by atoms with Crippen molar-refractivity contribution in [2.24, 2.45) is 0 Å². The van der Waals surface area contributed by atoms with E-state index in [0.717, 1.165) is 6.07 Å². The largest absolute Gasteiger partial charge is 2.00 e. The van der Waals surface area contributed by atoms with Crippen molar-refractivity contribution >= 4 is 23.1 Å². The summed E-state index contributed by atoms with van der Waals surface area (Å²) in [7, 11) is 0. The topological polar surface area (TPSA) is 23.8 Å². The summed E-state index contributed by atoms with van der Waals surface area (Å²) in [6.07, 6.45) is -0.183. The first-order valence-corrected chi connectivity index (χ1v) is 3.79. The maximum atomic E-state index is 13.0. The van der Waals surface area contributed by atoms with Gasteiger partial charge in [0.15, 0.2) is 23.3 Å². The van der Waals surface area contributed by atoms with Crippen LogP contribution < -0.4 is 0 Å². The molecule has 15 heavy (non-hydrogen) atoms. The van der Waals surface area contributed by atoms with Crippen LogP contribution in [0.1, 0.15) is 20.9 Å². The van der Waals surface area contributed by atoms with Gasteiger partial charge in [0.05, 0.1) is 0 Å². The fourth-order valence-electron chi connectivity index (χ4n) is 1.09. The van der Waals surface area contributed by atoms with Gasteiger partial charge in [-0.15, -0.1) is 0 Å². The molecule has 0 heterocycles. The van der Waals surface area contributed by atoms with E-state index < -0.39 is 34.4 Å². The molecule has 0 aliphatic carbocycles. The molecule has 78 valence electrons. The molecule has 1 rings (SSSR count). The second-order valence-corrected chi connectivity index (χ2v) is 2.57. The van der Waals surface area contributed by atoms with Gasteiger partial charge >= 0.3 is 23.1 Å². The van der Waals surface area contributed by atoms with Gasteiger partial charge in [0.25, 0.3) is 0 Å². The first kappa shape index (κ1) is 14.2. The van der Waals surface area contributed by atoms with E-state index in [1.54, 1.807) is 0 Å². The third-order valence-electron chi connectivity index (χ3n) is 1.82. The zero-order valence-corrected chi connectivity index (χ0v) is 9.29. The van der Waals surface area contributed by atoms with Crippen LogP contribution in [0.2, 0.25) is 0 Å². The molecule has 1 aromatic rings. The first-order valence-electron chi connectivity index (χ1n) is 3.79. The van der Waals surface area contributed by atoms with Crippen molar-refractivity contribution in [2.45, 2.75) is 13.3 Å². The molecule has 0 bridgehead atoms. The Morgan fingerprint density at radius 1 is 1.07 bits per heavy atom. The molecular formula is C9H7F4MgN. The van der Waals surface area contributed by atoms with Gasteiger partial charge in [0, 0.05) is 5.56 Å². The van der Waals surface area contributed by atoms with Crippen molar-refractivity contribution in [2.75, 3.05) is 0 Å². The van der Waals surface area contributed by atoms with Crippen LogP contribution in [0.5, 0.6) is 0 Å². The van der Waals surface area contributed by atoms with Crippen LogP contribution in [-0.2, 0) is 6.42 Å². The smallest absolute Gasteiger partial charge is 1.00 e. The van der Waals surface area contributed by atoms with Crippen LogP contribution in [0.15, 0.2) is 0 Å². The van der Waals surface area contributed by atoms with Gasteiger partial charge in [0.2, 0.25) is 0 Å². The van der Waals surface area contributed by atoms with Crippen LogP contribution >= 0.6 is 0 Å². The second kappa shape index (κ2) is 5.33. The van der Waals surface area contributed by atoms with E-state index in [0.29, 0.717) is 0 Å². The Bertz CT molecular complexity index is 397. The second-order valence-electron chi connectivity index (χ2n) is 2.57. The van der Waals surface area contributed by atoms with Crippen LogP contribution in [0.3, 0.4) is 0 Å². The van der Waals surface area contributed by atoms with E-state index in [1.807, 2.05) is 0 Å². The van der Waals surface area contributed by atoms with Crippen LogP contribution in [0.4, 0.5) is 17.6 Å². The van der Waals surface area contributed by atoms with Gasteiger partial charge in [-0.05, 0) is 6.42 Å². The van der Waals surface area contributed by atoms with Gasteiger partial charge in [-0.25, -0.2) is 17.6 Å². The van der Waals surface area contributed by atoms with Crippen molar-refractivity contribution in [3.63, 3.8) is 0 Å². The number of hydrogen-bond donors (Lipinski definition) is 0. The number of benzene rings is 1. The average molecular weight is 229 g/mol. The summed E-state index contributed by atoms with van der Waals surface area (Å²) in [5.41, 5.74) is -1.91. The van der Waals surface area contributed by atoms with Crippen molar-refractivity contribution in [1.82, 2.24) is 0 Å². The molecule has 0 aromatic heterocycles. The van der Waals surface area contributed by atoms with E-state index in [1.165, 1.54) is 6.92 Å². The fraction of sp³-hybridized carbons (Fsp3) is 0.222. The maximum absolute atomic E-state index is 13.0. The van der Waals surface area contributed by atoms with Crippen LogP contribution in [0, 0.1) is 34.6 Å². The van der Waals surface area contributed by atoms with Crippen LogP contribution in [-0.4, -0.2) is 23.1 Å². The van der Waals surface area contributed by atoms with E-state index >= 15 is 0 Å². The number of nitrogens with zero attached hydrogens (tertiary/aromatic N) is 1. The van der Waals surface area contributed by atoms with Gasteiger partial charge in [-0.2, -0.15) is 5.26 Å². The quantitative estimate of drug-likeness (QED) is 0.412. The Morgan fingerprint density at radius 2 is 1.47 bits per heavy atom. The Balaban J connectivity index is -0.000000653. The molecule has 0 unspecified atom stereocenters. The third-order valence-corrected chi connectivity index (χ3v) is 1.82. The molecule has 0 amide bonds. The molecular weight excluding hydrogens is 222 g/mol. The minimum Gasteiger partial charge on any atom is -1.00 e. The molecule has 6 heteroatoms.